The topological polar surface area (TPSA) is 20.2 Å². The van der Waals surface area contributed by atoms with Crippen molar-refractivity contribution in [2.45, 2.75) is 32.3 Å². The molecule has 3 heteroatoms. The lowest BCUT2D eigenvalue weighted by Crippen LogP contribution is -2.51. The third-order valence-corrected chi connectivity index (χ3v) is 5.03. The number of benzene rings is 1. The monoisotopic (exact) mass is 254 g/mol. The van der Waals surface area contributed by atoms with Gasteiger partial charge in [0.05, 0.1) is 5.60 Å². The van der Waals surface area contributed by atoms with E-state index in [2.05, 4.69) is 13.8 Å². The molecule has 0 radical (unpaired) electrons. The fraction of sp³-hybridized carbons (Fsp3) is 0.571. The average Bonchev–Trinajstić information content (AvgIpc) is 2.23. The summed E-state index contributed by atoms with van der Waals surface area (Å²) in [5.74, 6) is 1.60. The second-order valence-electron chi connectivity index (χ2n) is 5.52. The number of aliphatic hydroxyl groups is 1. The van der Waals surface area contributed by atoms with E-state index in [1.54, 1.807) is 17.8 Å². The maximum atomic E-state index is 13.2. The predicted molar refractivity (Wildman–Crippen MR) is 70.8 cm³/mol. The van der Waals surface area contributed by atoms with Crippen LogP contribution in [0.4, 0.5) is 4.39 Å². The van der Waals surface area contributed by atoms with Crippen LogP contribution in [0, 0.1) is 11.2 Å². The SMILES string of the molecule is CC1(C)CCSCC1(O)Cc1cccc(F)c1. The molecule has 2 rings (SSSR count). The van der Waals surface area contributed by atoms with E-state index >= 15 is 0 Å². The van der Waals surface area contributed by atoms with Crippen LogP contribution in [0.2, 0.25) is 0 Å². The fourth-order valence-electron chi connectivity index (χ4n) is 2.27. The van der Waals surface area contributed by atoms with Gasteiger partial charge in [-0.05, 0) is 35.3 Å². The van der Waals surface area contributed by atoms with Crippen molar-refractivity contribution < 1.29 is 9.50 Å². The Labute approximate surface area is 106 Å². The first-order valence-electron chi connectivity index (χ1n) is 5.98. The molecule has 1 saturated heterocycles. The van der Waals surface area contributed by atoms with E-state index in [1.165, 1.54) is 12.1 Å². The van der Waals surface area contributed by atoms with Crippen LogP contribution in [-0.4, -0.2) is 22.2 Å². The van der Waals surface area contributed by atoms with Crippen LogP contribution in [0.5, 0.6) is 0 Å². The summed E-state index contributed by atoms with van der Waals surface area (Å²) in [7, 11) is 0. The Morgan fingerprint density at radius 3 is 2.82 bits per heavy atom. The van der Waals surface area contributed by atoms with Crippen LogP contribution in [0.1, 0.15) is 25.8 Å². The summed E-state index contributed by atoms with van der Waals surface area (Å²) >= 11 is 1.78. The van der Waals surface area contributed by atoms with Gasteiger partial charge < -0.3 is 5.11 Å². The van der Waals surface area contributed by atoms with Crippen molar-refractivity contribution in [3.05, 3.63) is 35.6 Å². The van der Waals surface area contributed by atoms with Crippen molar-refractivity contribution in [1.29, 1.82) is 0 Å². The molecule has 1 N–H and O–H groups in total. The van der Waals surface area contributed by atoms with Gasteiger partial charge in [-0.15, -0.1) is 0 Å². The molecule has 1 fully saturated rings. The fourth-order valence-corrected chi connectivity index (χ4v) is 3.90. The summed E-state index contributed by atoms with van der Waals surface area (Å²) in [4.78, 5) is 0. The van der Waals surface area contributed by atoms with Crippen molar-refractivity contribution >= 4 is 11.8 Å². The number of thioether (sulfide) groups is 1. The van der Waals surface area contributed by atoms with Crippen LogP contribution in [0.25, 0.3) is 0 Å². The van der Waals surface area contributed by atoms with Gasteiger partial charge in [-0.3, -0.25) is 0 Å². The summed E-state index contributed by atoms with van der Waals surface area (Å²) in [5, 5.41) is 10.8. The zero-order chi connectivity index (χ0) is 12.5. The highest BCUT2D eigenvalue weighted by molar-refractivity contribution is 7.99. The Balaban J connectivity index is 2.21. The molecule has 1 nitrogen and oxygen atoms in total. The Kier molecular flexibility index (Phi) is 3.50. The predicted octanol–water partition coefficient (Wildman–Crippen LogP) is 3.26. The molecule has 94 valence electrons. The van der Waals surface area contributed by atoms with Crippen molar-refractivity contribution in [1.82, 2.24) is 0 Å². The number of halogens is 1. The zero-order valence-electron chi connectivity index (χ0n) is 10.4. The zero-order valence-corrected chi connectivity index (χ0v) is 11.2. The third kappa shape index (κ3) is 2.66. The molecule has 1 aromatic carbocycles. The summed E-state index contributed by atoms with van der Waals surface area (Å²) in [6.07, 6.45) is 1.54. The van der Waals surface area contributed by atoms with Gasteiger partial charge in [0.25, 0.3) is 0 Å². The summed E-state index contributed by atoms with van der Waals surface area (Å²) in [6, 6.07) is 6.55. The van der Waals surface area contributed by atoms with Gasteiger partial charge in [-0.2, -0.15) is 11.8 Å². The smallest absolute Gasteiger partial charge is 0.123 e. The molecule has 1 aliphatic heterocycles. The Bertz CT molecular complexity index is 405. The molecule has 0 spiro atoms. The number of rotatable bonds is 2. The standard InChI is InChI=1S/C14H19FOS/c1-13(2)6-7-17-10-14(13,16)9-11-4-3-5-12(15)8-11/h3-5,8,16H,6-7,9-10H2,1-2H3. The molecular formula is C14H19FOS. The molecule has 1 heterocycles. The van der Waals surface area contributed by atoms with Crippen molar-refractivity contribution in [2.24, 2.45) is 5.41 Å². The van der Waals surface area contributed by atoms with Crippen molar-refractivity contribution in [3.8, 4) is 0 Å². The van der Waals surface area contributed by atoms with Gasteiger partial charge in [-0.25, -0.2) is 4.39 Å². The molecular weight excluding hydrogens is 235 g/mol. The average molecular weight is 254 g/mol. The highest BCUT2D eigenvalue weighted by Crippen LogP contribution is 2.44. The van der Waals surface area contributed by atoms with Crippen LogP contribution in [0.3, 0.4) is 0 Å². The lowest BCUT2D eigenvalue weighted by atomic mass is 9.70. The second kappa shape index (κ2) is 4.62. The third-order valence-electron chi connectivity index (χ3n) is 3.86. The van der Waals surface area contributed by atoms with Crippen LogP contribution >= 0.6 is 11.8 Å². The maximum absolute atomic E-state index is 13.2. The van der Waals surface area contributed by atoms with Crippen LogP contribution < -0.4 is 0 Å². The van der Waals surface area contributed by atoms with Gasteiger partial charge >= 0.3 is 0 Å². The molecule has 1 atom stereocenters. The molecule has 1 aliphatic rings. The number of hydrogen-bond donors (Lipinski definition) is 1. The summed E-state index contributed by atoms with van der Waals surface area (Å²) < 4.78 is 13.2. The van der Waals surface area contributed by atoms with E-state index in [9.17, 15) is 9.50 Å². The first-order chi connectivity index (χ1) is 7.93. The van der Waals surface area contributed by atoms with Gasteiger partial charge in [0.2, 0.25) is 0 Å². The molecule has 0 aliphatic carbocycles. The first-order valence-corrected chi connectivity index (χ1v) is 7.13. The Hall–Kier alpha value is -0.540. The largest absolute Gasteiger partial charge is 0.388 e. The highest BCUT2D eigenvalue weighted by atomic mass is 32.2. The lowest BCUT2D eigenvalue weighted by molar-refractivity contribution is -0.0513. The molecule has 0 bridgehead atoms. The minimum Gasteiger partial charge on any atom is -0.388 e. The van der Waals surface area contributed by atoms with Crippen molar-refractivity contribution in [3.63, 3.8) is 0 Å². The molecule has 17 heavy (non-hydrogen) atoms. The van der Waals surface area contributed by atoms with Crippen LogP contribution in [0.15, 0.2) is 24.3 Å². The van der Waals surface area contributed by atoms with E-state index in [-0.39, 0.29) is 11.2 Å². The molecule has 1 aromatic rings. The van der Waals surface area contributed by atoms with E-state index in [4.69, 9.17) is 0 Å². The molecule has 0 saturated carbocycles. The van der Waals surface area contributed by atoms with Gasteiger partial charge in [0.1, 0.15) is 5.82 Å². The van der Waals surface area contributed by atoms with Crippen molar-refractivity contribution in [2.75, 3.05) is 11.5 Å². The Morgan fingerprint density at radius 1 is 1.41 bits per heavy atom. The maximum Gasteiger partial charge on any atom is 0.123 e. The lowest BCUT2D eigenvalue weighted by Gasteiger charge is -2.46. The highest BCUT2D eigenvalue weighted by Gasteiger charge is 2.45. The van der Waals surface area contributed by atoms with Crippen LogP contribution in [-0.2, 0) is 6.42 Å². The second-order valence-corrected chi connectivity index (χ2v) is 6.63. The molecule has 0 aromatic heterocycles. The van der Waals surface area contributed by atoms with Gasteiger partial charge in [0.15, 0.2) is 0 Å². The van der Waals surface area contributed by atoms with E-state index in [1.807, 2.05) is 6.07 Å². The van der Waals surface area contributed by atoms with Gasteiger partial charge in [0, 0.05) is 12.2 Å². The molecule has 1 unspecified atom stereocenters. The summed E-state index contributed by atoms with van der Waals surface area (Å²) in [5.41, 5.74) is 0.0388. The minimum atomic E-state index is -0.732. The number of hydrogen-bond acceptors (Lipinski definition) is 2. The first kappa shape index (κ1) is 12.9. The Morgan fingerprint density at radius 2 is 2.18 bits per heavy atom. The van der Waals surface area contributed by atoms with Gasteiger partial charge in [-0.1, -0.05) is 26.0 Å². The van der Waals surface area contributed by atoms with E-state index in [0.29, 0.717) is 6.42 Å². The molecule has 0 amide bonds. The summed E-state index contributed by atoms with van der Waals surface area (Å²) in [6.45, 7) is 4.21. The van der Waals surface area contributed by atoms with E-state index < -0.39 is 5.60 Å². The van der Waals surface area contributed by atoms with E-state index in [0.717, 1.165) is 23.5 Å². The quantitative estimate of drug-likeness (QED) is 0.874. The normalized spacial score (nSPS) is 28.0. The minimum absolute atomic E-state index is 0.107.